The molecule has 2 atom stereocenters. The van der Waals surface area contributed by atoms with Gasteiger partial charge in [-0.25, -0.2) is 13.8 Å². The van der Waals surface area contributed by atoms with Crippen LogP contribution in [0.5, 0.6) is 0 Å². The average molecular weight is 272 g/mol. The van der Waals surface area contributed by atoms with Crippen molar-refractivity contribution in [1.82, 2.24) is 10.6 Å². The zero-order valence-corrected chi connectivity index (χ0v) is 10.4. The van der Waals surface area contributed by atoms with Crippen molar-refractivity contribution in [3.63, 3.8) is 0 Å². The molecule has 1 aliphatic rings. The zero-order valence-electron chi connectivity index (χ0n) is 9.62. The molecule has 1 aromatic carbocycles. The number of nitrogens with one attached hydrogen (secondary N) is 2. The molecule has 2 N–H and O–H groups in total. The van der Waals surface area contributed by atoms with Crippen LogP contribution >= 0.6 is 11.6 Å². The van der Waals surface area contributed by atoms with Crippen molar-refractivity contribution in [3.05, 3.63) is 47.7 Å². The van der Waals surface area contributed by atoms with E-state index in [1.165, 1.54) is 12.1 Å². The fraction of sp³-hybridized carbons (Fsp3) is 0.250. The maximum Gasteiger partial charge on any atom is 0.265 e. The number of benzene rings is 1. The summed E-state index contributed by atoms with van der Waals surface area (Å²) in [5, 5.41) is 4.29. The van der Waals surface area contributed by atoms with Crippen LogP contribution in [0.1, 0.15) is 18.5 Å². The minimum Gasteiger partial charge on any atom is -0.339 e. The molecule has 0 aliphatic carbocycles. The Balaban J connectivity index is 2.06. The molecule has 0 bridgehead atoms. The number of halogens is 3. The molecule has 0 fully saturated rings. The highest BCUT2D eigenvalue weighted by atomic mass is 35.5. The van der Waals surface area contributed by atoms with E-state index in [9.17, 15) is 8.78 Å². The Labute approximate surface area is 109 Å². The lowest BCUT2D eigenvalue weighted by atomic mass is 10.1. The van der Waals surface area contributed by atoms with Crippen LogP contribution in [0.25, 0.3) is 0 Å². The topological polar surface area (TPSA) is 36.4 Å². The van der Waals surface area contributed by atoms with Gasteiger partial charge in [0.25, 0.3) is 5.25 Å². The van der Waals surface area contributed by atoms with Crippen LogP contribution in [-0.4, -0.2) is 11.5 Å². The lowest BCUT2D eigenvalue weighted by molar-refractivity contribution is 0.377. The molecule has 2 rings (SSSR count). The molecule has 0 spiro atoms. The predicted octanol–water partition coefficient (Wildman–Crippen LogP) is 2.81. The molecule has 96 valence electrons. The summed E-state index contributed by atoms with van der Waals surface area (Å²) in [5.41, 5.74) is 0.850. The van der Waals surface area contributed by atoms with Crippen LogP contribution in [0, 0.1) is 5.82 Å². The van der Waals surface area contributed by atoms with Crippen LogP contribution in [0.2, 0.25) is 0 Å². The Morgan fingerprint density at radius 2 is 2.00 bits per heavy atom. The highest BCUT2D eigenvalue weighted by Gasteiger charge is 2.28. The quantitative estimate of drug-likeness (QED) is 0.655. The first kappa shape index (κ1) is 13.0. The molecule has 1 heterocycles. The summed E-state index contributed by atoms with van der Waals surface area (Å²) in [6.07, 6.45) is 2.16. The average Bonchev–Trinajstić information content (AvgIpc) is 2.34. The third-order valence-electron chi connectivity index (χ3n) is 2.54. The van der Waals surface area contributed by atoms with E-state index in [1.807, 2.05) is 6.92 Å². The van der Waals surface area contributed by atoms with Gasteiger partial charge in [-0.05, 0) is 24.6 Å². The molecule has 0 aromatic heterocycles. The van der Waals surface area contributed by atoms with Gasteiger partial charge in [0.05, 0.1) is 6.21 Å². The van der Waals surface area contributed by atoms with Crippen molar-refractivity contribution in [2.45, 2.75) is 18.2 Å². The number of nitrogens with zero attached hydrogens (tertiary/aromatic N) is 1. The van der Waals surface area contributed by atoms with Crippen LogP contribution < -0.4 is 10.6 Å². The summed E-state index contributed by atoms with van der Waals surface area (Å²) in [5.74, 6) is -0.798. The molecule has 0 saturated heterocycles. The standard InChI is InChI=1S/C12H12ClF2N3/c1-8(9-2-4-10(14)5-3-9)18-12(13)16-6-11(15)7-17-12/h2-8,16,18H,1H3. The van der Waals surface area contributed by atoms with Gasteiger partial charge < -0.3 is 5.32 Å². The summed E-state index contributed by atoms with van der Waals surface area (Å²) in [4.78, 5) is 3.83. The first-order chi connectivity index (χ1) is 8.48. The zero-order chi connectivity index (χ0) is 13.2. The number of hydrogen-bond donors (Lipinski definition) is 2. The molecular formula is C12H12ClF2N3. The first-order valence-electron chi connectivity index (χ1n) is 5.39. The monoisotopic (exact) mass is 271 g/mol. The van der Waals surface area contributed by atoms with Crippen molar-refractivity contribution < 1.29 is 8.78 Å². The van der Waals surface area contributed by atoms with Gasteiger partial charge in [0.2, 0.25) is 0 Å². The lowest BCUT2D eigenvalue weighted by Gasteiger charge is -2.29. The van der Waals surface area contributed by atoms with E-state index in [0.29, 0.717) is 0 Å². The predicted molar refractivity (Wildman–Crippen MR) is 67.4 cm³/mol. The molecule has 6 heteroatoms. The number of rotatable bonds is 3. The van der Waals surface area contributed by atoms with E-state index >= 15 is 0 Å². The molecule has 3 nitrogen and oxygen atoms in total. The Hall–Kier alpha value is -1.46. The maximum atomic E-state index is 12.8. The molecule has 0 amide bonds. The third kappa shape index (κ3) is 3.05. The van der Waals surface area contributed by atoms with Crippen LogP contribution in [0.3, 0.4) is 0 Å². The Morgan fingerprint density at radius 1 is 1.33 bits per heavy atom. The van der Waals surface area contributed by atoms with E-state index in [-0.39, 0.29) is 11.9 Å². The Bertz CT molecular complexity index is 487. The van der Waals surface area contributed by atoms with E-state index in [1.54, 1.807) is 12.1 Å². The summed E-state index contributed by atoms with van der Waals surface area (Å²) in [6, 6.07) is 5.85. The molecule has 2 unspecified atom stereocenters. The van der Waals surface area contributed by atoms with Gasteiger partial charge in [0.1, 0.15) is 5.82 Å². The van der Waals surface area contributed by atoms with Gasteiger partial charge in [-0.15, -0.1) is 0 Å². The smallest absolute Gasteiger partial charge is 0.265 e. The largest absolute Gasteiger partial charge is 0.339 e. The molecule has 1 aromatic rings. The highest BCUT2D eigenvalue weighted by Crippen LogP contribution is 2.21. The first-order valence-corrected chi connectivity index (χ1v) is 5.77. The second-order valence-corrected chi connectivity index (χ2v) is 4.52. The van der Waals surface area contributed by atoms with Gasteiger partial charge >= 0.3 is 0 Å². The minimum absolute atomic E-state index is 0.178. The number of hydrogen-bond acceptors (Lipinski definition) is 3. The summed E-state index contributed by atoms with van der Waals surface area (Å²) in [7, 11) is 0. The molecule has 0 saturated carbocycles. The van der Waals surface area contributed by atoms with Gasteiger partial charge in [-0.3, -0.25) is 5.32 Å². The van der Waals surface area contributed by atoms with E-state index in [4.69, 9.17) is 11.6 Å². The van der Waals surface area contributed by atoms with E-state index < -0.39 is 11.1 Å². The van der Waals surface area contributed by atoms with Crippen LogP contribution in [-0.2, 0) is 0 Å². The number of alkyl halides is 1. The number of aliphatic imine (C=N–C) groups is 1. The molecule has 1 aliphatic heterocycles. The van der Waals surface area contributed by atoms with Crippen LogP contribution in [0.4, 0.5) is 8.78 Å². The van der Waals surface area contributed by atoms with Crippen molar-refractivity contribution in [2.24, 2.45) is 4.99 Å². The van der Waals surface area contributed by atoms with Crippen molar-refractivity contribution in [2.75, 3.05) is 0 Å². The lowest BCUT2D eigenvalue weighted by Crippen LogP contribution is -2.50. The van der Waals surface area contributed by atoms with Crippen molar-refractivity contribution in [1.29, 1.82) is 0 Å². The Kier molecular flexibility index (Phi) is 3.63. The summed E-state index contributed by atoms with van der Waals surface area (Å²) in [6.45, 7) is 1.85. The maximum absolute atomic E-state index is 12.8. The third-order valence-corrected chi connectivity index (χ3v) is 2.86. The molecule has 18 heavy (non-hydrogen) atoms. The molecular weight excluding hydrogens is 260 g/mol. The van der Waals surface area contributed by atoms with Gasteiger partial charge in [0.15, 0.2) is 5.83 Å². The molecule has 0 radical (unpaired) electrons. The fourth-order valence-corrected chi connectivity index (χ4v) is 1.86. The SMILES string of the molecule is CC(NC1(Cl)N=CC(F)=CN1)c1ccc(F)cc1. The van der Waals surface area contributed by atoms with Gasteiger partial charge in [-0.2, -0.15) is 0 Å². The highest BCUT2D eigenvalue weighted by molar-refractivity contribution is 6.24. The second-order valence-electron chi connectivity index (χ2n) is 3.97. The van der Waals surface area contributed by atoms with Crippen molar-refractivity contribution in [3.8, 4) is 0 Å². The van der Waals surface area contributed by atoms with Gasteiger partial charge in [0, 0.05) is 12.2 Å². The Morgan fingerprint density at radius 3 is 2.56 bits per heavy atom. The second kappa shape index (κ2) is 5.04. The summed E-state index contributed by atoms with van der Waals surface area (Å²) < 4.78 is 25.5. The van der Waals surface area contributed by atoms with E-state index in [2.05, 4.69) is 15.6 Å². The van der Waals surface area contributed by atoms with Crippen molar-refractivity contribution >= 4 is 17.8 Å². The minimum atomic E-state index is -1.29. The fourth-order valence-electron chi connectivity index (χ4n) is 1.59. The summed E-state index contributed by atoms with van der Waals surface area (Å²) >= 11 is 6.11. The number of allylic oxidation sites excluding steroid dienone is 1. The van der Waals surface area contributed by atoms with Gasteiger partial charge in [-0.1, -0.05) is 23.7 Å². The van der Waals surface area contributed by atoms with Crippen LogP contribution in [0.15, 0.2) is 41.3 Å². The van der Waals surface area contributed by atoms with E-state index in [0.717, 1.165) is 18.0 Å². The normalized spacial score (nSPS) is 24.3.